The lowest BCUT2D eigenvalue weighted by atomic mass is 10.0. The molecule has 0 saturated carbocycles. The smallest absolute Gasteiger partial charge is 0.304 e. The Morgan fingerprint density at radius 3 is 2.67 bits per heavy atom. The summed E-state index contributed by atoms with van der Waals surface area (Å²) in [5, 5.41) is 16.6. The number of hydrogen-bond donors (Lipinski definition) is 4. The molecule has 2 aliphatic rings. The molecular formula is C15H24N4O4S. The SMILES string of the molecule is C=CC(=C)/C=C(/O)C[C@H](C(C)NC1CNC1)N1CC(=O)NS1(=O)=O. The molecule has 1 amide bonds. The van der Waals surface area contributed by atoms with Crippen molar-refractivity contribution in [2.45, 2.75) is 31.5 Å². The maximum Gasteiger partial charge on any atom is 0.304 e. The normalized spacial score (nSPS) is 24.0. The average Bonchev–Trinajstić information content (AvgIpc) is 2.72. The van der Waals surface area contributed by atoms with Gasteiger partial charge in [0.15, 0.2) is 0 Å². The number of nitrogens with one attached hydrogen (secondary N) is 3. The van der Waals surface area contributed by atoms with Crippen molar-refractivity contribution in [1.82, 2.24) is 19.7 Å². The second-order valence-electron chi connectivity index (χ2n) is 6.07. The van der Waals surface area contributed by atoms with Crippen molar-refractivity contribution >= 4 is 16.1 Å². The van der Waals surface area contributed by atoms with Crippen LogP contribution in [-0.4, -0.2) is 61.5 Å². The summed E-state index contributed by atoms with van der Waals surface area (Å²) in [5.41, 5.74) is 0.522. The van der Waals surface area contributed by atoms with E-state index in [-0.39, 0.29) is 30.8 Å². The van der Waals surface area contributed by atoms with Gasteiger partial charge in [0.05, 0.1) is 12.3 Å². The summed E-state index contributed by atoms with van der Waals surface area (Å²) in [4.78, 5) is 11.5. The molecule has 2 saturated heterocycles. The number of hydrogen-bond acceptors (Lipinski definition) is 6. The number of carbonyl (C=O) groups excluding carboxylic acids is 1. The predicted octanol–water partition coefficient (Wildman–Crippen LogP) is -0.444. The van der Waals surface area contributed by atoms with Crippen LogP contribution in [0, 0.1) is 0 Å². The molecule has 9 heteroatoms. The molecule has 24 heavy (non-hydrogen) atoms. The zero-order chi connectivity index (χ0) is 17.9. The Labute approximate surface area is 142 Å². The third-order valence-electron chi connectivity index (χ3n) is 4.11. The van der Waals surface area contributed by atoms with E-state index in [2.05, 4.69) is 23.8 Å². The third kappa shape index (κ3) is 4.44. The zero-order valence-corrected chi connectivity index (χ0v) is 14.5. The maximum atomic E-state index is 12.2. The van der Waals surface area contributed by atoms with Crippen LogP contribution in [0.3, 0.4) is 0 Å². The van der Waals surface area contributed by atoms with Gasteiger partial charge in [0.2, 0.25) is 5.91 Å². The first-order valence-corrected chi connectivity index (χ1v) is 9.17. The molecular weight excluding hydrogens is 332 g/mol. The summed E-state index contributed by atoms with van der Waals surface area (Å²) >= 11 is 0. The molecule has 4 N–H and O–H groups in total. The quantitative estimate of drug-likeness (QED) is 0.346. The molecule has 0 aromatic heterocycles. The Bertz CT molecular complexity index is 654. The van der Waals surface area contributed by atoms with E-state index in [1.165, 1.54) is 12.2 Å². The largest absolute Gasteiger partial charge is 0.512 e. The predicted molar refractivity (Wildman–Crippen MR) is 91.5 cm³/mol. The van der Waals surface area contributed by atoms with Gasteiger partial charge in [-0.25, -0.2) is 4.72 Å². The summed E-state index contributed by atoms with van der Waals surface area (Å²) in [6.07, 6.45) is 3.00. The van der Waals surface area contributed by atoms with E-state index in [1.807, 2.05) is 11.6 Å². The van der Waals surface area contributed by atoms with Crippen molar-refractivity contribution < 1.29 is 18.3 Å². The van der Waals surface area contributed by atoms with Gasteiger partial charge in [-0.15, -0.1) is 0 Å². The number of amides is 1. The van der Waals surface area contributed by atoms with Crippen LogP contribution in [0.1, 0.15) is 13.3 Å². The Morgan fingerprint density at radius 2 is 2.21 bits per heavy atom. The summed E-state index contributed by atoms with van der Waals surface area (Å²) in [7, 11) is -3.89. The minimum absolute atomic E-state index is 0.0140. The molecule has 1 unspecified atom stereocenters. The lowest BCUT2D eigenvalue weighted by Gasteiger charge is -2.36. The fourth-order valence-corrected chi connectivity index (χ4v) is 4.09. The van der Waals surface area contributed by atoms with E-state index >= 15 is 0 Å². The molecule has 2 rings (SSSR count). The van der Waals surface area contributed by atoms with Crippen LogP contribution in [0.2, 0.25) is 0 Å². The van der Waals surface area contributed by atoms with Gasteiger partial charge in [0, 0.05) is 37.6 Å². The minimum atomic E-state index is -3.89. The molecule has 8 nitrogen and oxygen atoms in total. The van der Waals surface area contributed by atoms with E-state index in [1.54, 1.807) is 0 Å². The van der Waals surface area contributed by atoms with Crippen molar-refractivity contribution in [3.8, 4) is 0 Å². The van der Waals surface area contributed by atoms with E-state index in [0.717, 1.165) is 17.4 Å². The highest BCUT2D eigenvalue weighted by Crippen LogP contribution is 2.21. The fraction of sp³-hybridized carbons (Fsp3) is 0.533. The Hall–Kier alpha value is -1.68. The van der Waals surface area contributed by atoms with E-state index < -0.39 is 22.2 Å². The average molecular weight is 356 g/mol. The first-order valence-electron chi connectivity index (χ1n) is 7.73. The van der Waals surface area contributed by atoms with Crippen LogP contribution in [0.25, 0.3) is 0 Å². The molecule has 0 radical (unpaired) electrons. The van der Waals surface area contributed by atoms with Crippen molar-refractivity contribution in [2.24, 2.45) is 0 Å². The first-order chi connectivity index (χ1) is 11.2. The molecule has 0 aromatic carbocycles. The molecule has 0 aromatic rings. The highest BCUT2D eigenvalue weighted by molar-refractivity contribution is 7.88. The van der Waals surface area contributed by atoms with Crippen LogP contribution < -0.4 is 15.4 Å². The van der Waals surface area contributed by atoms with Crippen molar-refractivity contribution in [3.63, 3.8) is 0 Å². The van der Waals surface area contributed by atoms with E-state index in [4.69, 9.17) is 0 Å². The molecule has 2 atom stereocenters. The van der Waals surface area contributed by atoms with Crippen LogP contribution in [0.5, 0.6) is 0 Å². The molecule has 0 spiro atoms. The second kappa shape index (κ2) is 7.47. The van der Waals surface area contributed by atoms with Gasteiger partial charge < -0.3 is 15.7 Å². The lowest BCUT2D eigenvalue weighted by molar-refractivity contribution is -0.118. The van der Waals surface area contributed by atoms with Crippen LogP contribution in [-0.2, 0) is 15.0 Å². The standard InChI is InChI=1S/C15H24N4O4S/c1-4-10(2)5-13(20)6-14(11(3)17-12-7-16-8-12)19-9-15(21)18-24(19,22)23/h4-5,11-12,14,16-17,20H,1-2,6-9H2,3H3,(H,18,21)/b13-5+/t11?,14-/m1/s1. The maximum absolute atomic E-state index is 12.2. The van der Waals surface area contributed by atoms with Gasteiger partial charge in [0.1, 0.15) is 0 Å². The summed E-state index contributed by atoms with van der Waals surface area (Å²) < 4.78 is 27.4. The number of rotatable bonds is 8. The van der Waals surface area contributed by atoms with Crippen molar-refractivity contribution in [1.29, 1.82) is 0 Å². The van der Waals surface area contributed by atoms with Crippen LogP contribution in [0.4, 0.5) is 0 Å². The summed E-state index contributed by atoms with van der Waals surface area (Å²) in [5.74, 6) is -0.587. The minimum Gasteiger partial charge on any atom is -0.512 e. The van der Waals surface area contributed by atoms with Gasteiger partial charge in [-0.05, 0) is 18.6 Å². The highest BCUT2D eigenvalue weighted by Gasteiger charge is 2.42. The monoisotopic (exact) mass is 356 g/mol. The lowest BCUT2D eigenvalue weighted by Crippen LogP contribution is -2.61. The Balaban J connectivity index is 2.20. The Morgan fingerprint density at radius 1 is 1.54 bits per heavy atom. The zero-order valence-electron chi connectivity index (χ0n) is 13.7. The topological polar surface area (TPSA) is 111 Å². The van der Waals surface area contributed by atoms with Gasteiger partial charge in [-0.1, -0.05) is 19.2 Å². The van der Waals surface area contributed by atoms with E-state index in [0.29, 0.717) is 5.57 Å². The number of nitrogens with zero attached hydrogens (tertiary/aromatic N) is 1. The van der Waals surface area contributed by atoms with Gasteiger partial charge >= 0.3 is 10.2 Å². The molecule has 2 aliphatic heterocycles. The summed E-state index contributed by atoms with van der Waals surface area (Å²) in [6.45, 7) is 10.5. The Kier molecular flexibility index (Phi) is 5.81. The molecule has 2 heterocycles. The van der Waals surface area contributed by atoms with Crippen molar-refractivity contribution in [3.05, 3.63) is 36.6 Å². The fourth-order valence-electron chi connectivity index (χ4n) is 2.72. The molecule has 0 aliphatic carbocycles. The number of aliphatic hydroxyl groups is 1. The first kappa shape index (κ1) is 18.7. The van der Waals surface area contributed by atoms with Crippen LogP contribution >= 0.6 is 0 Å². The number of aliphatic hydroxyl groups excluding tert-OH is 1. The highest BCUT2D eigenvalue weighted by atomic mass is 32.2. The molecule has 2 fully saturated rings. The van der Waals surface area contributed by atoms with Gasteiger partial charge in [-0.2, -0.15) is 12.7 Å². The second-order valence-corrected chi connectivity index (χ2v) is 7.70. The molecule has 0 bridgehead atoms. The summed E-state index contributed by atoms with van der Waals surface area (Å²) in [6, 6.07) is -0.624. The number of allylic oxidation sites excluding steroid dienone is 3. The molecule has 134 valence electrons. The van der Waals surface area contributed by atoms with E-state index in [9.17, 15) is 18.3 Å². The number of carbonyl (C=O) groups is 1. The van der Waals surface area contributed by atoms with Crippen molar-refractivity contribution in [2.75, 3.05) is 19.6 Å². The van der Waals surface area contributed by atoms with Gasteiger partial charge in [-0.3, -0.25) is 4.79 Å². The third-order valence-corrected chi connectivity index (χ3v) is 5.61. The van der Waals surface area contributed by atoms with Gasteiger partial charge in [0.25, 0.3) is 0 Å². The van der Waals surface area contributed by atoms with Crippen LogP contribution in [0.15, 0.2) is 36.6 Å².